The summed E-state index contributed by atoms with van der Waals surface area (Å²) in [4.78, 5) is 0. The summed E-state index contributed by atoms with van der Waals surface area (Å²) in [6, 6.07) is 0. The van der Waals surface area contributed by atoms with E-state index in [1.54, 1.807) is 5.57 Å². The zero-order chi connectivity index (χ0) is 25.3. The number of phenols is 2. The molecule has 1 aromatic rings. The number of rotatable bonds is 12. The summed E-state index contributed by atoms with van der Waals surface area (Å²) in [6.07, 6.45) is 19.6. The van der Waals surface area contributed by atoms with Crippen LogP contribution in [-0.2, 0) is 6.42 Å². The first-order valence-electron chi connectivity index (χ1n) is 13.2. The summed E-state index contributed by atoms with van der Waals surface area (Å²) in [5.41, 5.74) is 6.61. The Labute approximate surface area is 208 Å². The van der Waals surface area contributed by atoms with Crippen LogP contribution in [-0.4, -0.2) is 20.9 Å². The molecule has 1 aliphatic carbocycles. The van der Waals surface area contributed by atoms with Gasteiger partial charge >= 0.3 is 0 Å². The zero-order valence-electron chi connectivity index (χ0n) is 22.6. The van der Waals surface area contributed by atoms with Crippen LogP contribution in [0.4, 0.5) is 0 Å². The van der Waals surface area contributed by atoms with Gasteiger partial charge in [-0.15, -0.1) is 0 Å². The highest BCUT2D eigenvalue weighted by Gasteiger charge is 2.23. The minimum Gasteiger partial charge on any atom is -0.507 e. The van der Waals surface area contributed by atoms with Crippen LogP contribution in [0.5, 0.6) is 11.5 Å². The highest BCUT2D eigenvalue weighted by molar-refractivity contribution is 5.56. The third-order valence-corrected chi connectivity index (χ3v) is 7.70. The van der Waals surface area contributed by atoms with Crippen molar-refractivity contribution in [2.75, 3.05) is 0 Å². The fraction of sp³-hybridized carbons (Fsp3) is 0.613. The number of hydrogen-bond acceptors (Lipinski definition) is 3. The maximum atomic E-state index is 10.9. The van der Waals surface area contributed by atoms with Crippen LogP contribution in [0.25, 0.3) is 0 Å². The van der Waals surface area contributed by atoms with Crippen LogP contribution in [0.3, 0.4) is 0 Å². The number of aliphatic hydroxyl groups is 1. The maximum Gasteiger partial charge on any atom is 0.122 e. The van der Waals surface area contributed by atoms with E-state index in [2.05, 4.69) is 32.1 Å². The molecule has 1 aromatic carbocycles. The van der Waals surface area contributed by atoms with Gasteiger partial charge in [-0.2, -0.15) is 0 Å². The lowest BCUT2D eigenvalue weighted by Gasteiger charge is -2.24. The van der Waals surface area contributed by atoms with Crippen molar-refractivity contribution in [1.29, 1.82) is 0 Å². The Morgan fingerprint density at radius 2 is 1.35 bits per heavy atom. The molecule has 190 valence electrons. The van der Waals surface area contributed by atoms with E-state index in [4.69, 9.17) is 0 Å². The molecule has 1 fully saturated rings. The zero-order valence-corrected chi connectivity index (χ0v) is 22.6. The average molecular weight is 469 g/mol. The summed E-state index contributed by atoms with van der Waals surface area (Å²) in [5, 5.41) is 31.8. The van der Waals surface area contributed by atoms with Crippen molar-refractivity contribution in [3.05, 3.63) is 57.2 Å². The molecule has 0 spiro atoms. The molecular formula is C31H48O3. The topological polar surface area (TPSA) is 60.7 Å². The molecule has 34 heavy (non-hydrogen) atoms. The average Bonchev–Trinajstić information content (AvgIpc) is 3.29. The van der Waals surface area contributed by atoms with E-state index >= 15 is 0 Å². The minimum atomic E-state index is -0.811. The normalized spacial score (nSPS) is 16.7. The predicted molar refractivity (Wildman–Crippen MR) is 145 cm³/mol. The Kier molecular flexibility index (Phi) is 11.0. The lowest BCUT2D eigenvalue weighted by molar-refractivity contribution is 0.0431. The summed E-state index contributed by atoms with van der Waals surface area (Å²) >= 11 is 0. The first-order valence-corrected chi connectivity index (χ1v) is 13.2. The smallest absolute Gasteiger partial charge is 0.122 e. The lowest BCUT2D eigenvalue weighted by atomic mass is 9.88. The highest BCUT2D eigenvalue weighted by Crippen LogP contribution is 2.37. The van der Waals surface area contributed by atoms with E-state index in [0.29, 0.717) is 30.4 Å². The first-order chi connectivity index (χ1) is 16.0. The Morgan fingerprint density at radius 3 is 2.00 bits per heavy atom. The standard InChI is InChI=1S/C31H48O3/c1-22(14-10-18-27-16-7-8-17-27)12-9-13-23(2)15-11-20-31(6,34)21-19-28-26(5)29(32)24(3)25(4)30(28)33/h12,15,18,32-34H,7-11,13-14,16-17,19-21H2,1-6H3/b22-12+,23-15+. The van der Waals surface area contributed by atoms with Crippen LogP contribution >= 0.6 is 0 Å². The van der Waals surface area contributed by atoms with E-state index in [-0.39, 0.29) is 11.5 Å². The predicted octanol–water partition coefficient (Wildman–Crippen LogP) is 8.44. The molecule has 0 radical (unpaired) electrons. The largest absolute Gasteiger partial charge is 0.507 e. The number of allylic oxidation sites excluding steroid dienone is 6. The molecule has 3 heteroatoms. The third-order valence-electron chi connectivity index (χ3n) is 7.70. The SMILES string of the molecule is C/C(=C\CC/C(C)=C/CCC(C)(O)CCc1c(C)c(O)c(C)c(C)c1O)CCC=C1CCCC1. The first kappa shape index (κ1) is 28.2. The van der Waals surface area contributed by atoms with Gasteiger partial charge < -0.3 is 15.3 Å². The van der Waals surface area contributed by atoms with Gasteiger partial charge in [0.2, 0.25) is 0 Å². The van der Waals surface area contributed by atoms with Crippen LogP contribution in [0.15, 0.2) is 34.9 Å². The second-order valence-electron chi connectivity index (χ2n) is 10.8. The number of benzene rings is 1. The monoisotopic (exact) mass is 468 g/mol. The number of hydrogen-bond donors (Lipinski definition) is 3. The molecular weight excluding hydrogens is 420 g/mol. The molecule has 3 nitrogen and oxygen atoms in total. The van der Waals surface area contributed by atoms with Crippen molar-refractivity contribution in [3.63, 3.8) is 0 Å². The second-order valence-corrected chi connectivity index (χ2v) is 10.8. The van der Waals surface area contributed by atoms with Crippen molar-refractivity contribution >= 4 is 0 Å². The second kappa shape index (κ2) is 13.2. The van der Waals surface area contributed by atoms with Gasteiger partial charge in [0.15, 0.2) is 0 Å². The van der Waals surface area contributed by atoms with Gasteiger partial charge in [-0.3, -0.25) is 0 Å². The fourth-order valence-electron chi connectivity index (χ4n) is 4.93. The number of phenolic OH excluding ortho intramolecular Hbond substituents is 2. The molecule has 1 aliphatic rings. The molecule has 0 aromatic heterocycles. The summed E-state index contributed by atoms with van der Waals surface area (Å²) in [7, 11) is 0. The summed E-state index contributed by atoms with van der Waals surface area (Å²) < 4.78 is 0. The van der Waals surface area contributed by atoms with E-state index in [0.717, 1.165) is 30.4 Å². The third kappa shape index (κ3) is 8.65. The Hall–Kier alpha value is -2.00. The molecule has 2 rings (SSSR count). The van der Waals surface area contributed by atoms with Gasteiger partial charge in [-0.05, 0) is 135 Å². The summed E-state index contributed by atoms with van der Waals surface area (Å²) in [5.74, 6) is 0.497. The summed E-state index contributed by atoms with van der Waals surface area (Å²) in [6.45, 7) is 11.8. The van der Waals surface area contributed by atoms with Crippen LogP contribution in [0, 0.1) is 20.8 Å². The van der Waals surface area contributed by atoms with E-state index in [9.17, 15) is 15.3 Å². The fourth-order valence-corrected chi connectivity index (χ4v) is 4.93. The van der Waals surface area contributed by atoms with Gasteiger partial charge in [0.05, 0.1) is 5.60 Å². The molecule has 1 saturated carbocycles. The van der Waals surface area contributed by atoms with E-state index in [1.165, 1.54) is 49.7 Å². The van der Waals surface area contributed by atoms with Crippen molar-refractivity contribution in [3.8, 4) is 11.5 Å². The Morgan fingerprint density at radius 1 is 0.794 bits per heavy atom. The van der Waals surface area contributed by atoms with Gasteiger partial charge in [0.25, 0.3) is 0 Å². The molecule has 0 saturated heterocycles. The van der Waals surface area contributed by atoms with E-state index < -0.39 is 5.60 Å². The molecule has 1 atom stereocenters. The van der Waals surface area contributed by atoms with Gasteiger partial charge in [-0.25, -0.2) is 0 Å². The van der Waals surface area contributed by atoms with Crippen LogP contribution in [0.2, 0.25) is 0 Å². The minimum absolute atomic E-state index is 0.248. The molecule has 3 N–H and O–H groups in total. The van der Waals surface area contributed by atoms with Crippen LogP contribution in [0.1, 0.15) is 114 Å². The molecule has 0 amide bonds. The lowest BCUT2D eigenvalue weighted by Crippen LogP contribution is -2.24. The van der Waals surface area contributed by atoms with Crippen molar-refractivity contribution < 1.29 is 15.3 Å². The maximum absolute atomic E-state index is 10.9. The van der Waals surface area contributed by atoms with Gasteiger partial charge in [0, 0.05) is 5.56 Å². The quantitative estimate of drug-likeness (QED) is 0.213. The molecule has 1 unspecified atom stereocenters. The van der Waals surface area contributed by atoms with E-state index in [1.807, 2.05) is 27.7 Å². The van der Waals surface area contributed by atoms with Gasteiger partial charge in [0.1, 0.15) is 11.5 Å². The molecule has 0 bridgehead atoms. The molecule has 0 heterocycles. The Bertz CT molecular complexity index is 878. The van der Waals surface area contributed by atoms with Gasteiger partial charge in [-0.1, -0.05) is 34.9 Å². The van der Waals surface area contributed by atoms with Crippen molar-refractivity contribution in [2.45, 2.75) is 124 Å². The number of aromatic hydroxyl groups is 2. The van der Waals surface area contributed by atoms with Crippen LogP contribution < -0.4 is 0 Å². The van der Waals surface area contributed by atoms with Crippen molar-refractivity contribution in [2.24, 2.45) is 0 Å². The molecule has 0 aliphatic heterocycles. The highest BCUT2D eigenvalue weighted by atomic mass is 16.3. The van der Waals surface area contributed by atoms with Crippen molar-refractivity contribution in [1.82, 2.24) is 0 Å². The Balaban J connectivity index is 1.75.